The summed E-state index contributed by atoms with van der Waals surface area (Å²) in [5, 5.41) is 15.9. The molecule has 3 atom stereocenters. The van der Waals surface area contributed by atoms with E-state index in [0.717, 1.165) is 45.7 Å². The lowest BCUT2D eigenvalue weighted by molar-refractivity contribution is 0.277. The van der Waals surface area contributed by atoms with Crippen LogP contribution >= 0.6 is 17.2 Å². The molecule has 0 aromatic rings. The van der Waals surface area contributed by atoms with Gasteiger partial charge in [-0.15, -0.1) is 9.24 Å². The van der Waals surface area contributed by atoms with Crippen molar-refractivity contribution in [1.29, 1.82) is 0 Å². The summed E-state index contributed by atoms with van der Waals surface area (Å²) >= 11 is 0. The summed E-state index contributed by atoms with van der Waals surface area (Å²) in [5.41, 5.74) is 3.29. The van der Waals surface area contributed by atoms with Crippen molar-refractivity contribution in [1.82, 2.24) is 21.3 Å². The predicted octanol–water partition coefficient (Wildman–Crippen LogP) is 3.84. The molecular weight excluding hydrogens is 418 g/mol. The van der Waals surface area contributed by atoms with Gasteiger partial charge in [-0.3, -0.25) is 0 Å². The lowest BCUT2D eigenvalue weighted by atomic mass is 9.79. The maximum Gasteiger partial charge on any atom is 0.0395 e. The molecule has 3 unspecified atom stereocenters. The molecule has 0 bridgehead atoms. The van der Waals surface area contributed by atoms with Crippen LogP contribution in [0.5, 0.6) is 0 Å². The molecule has 2 fully saturated rings. The van der Waals surface area contributed by atoms with E-state index in [-0.39, 0.29) is 13.1 Å². The Morgan fingerprint density at radius 3 is 1.84 bits per heavy atom. The minimum absolute atomic E-state index is 0.0212. The van der Waals surface area contributed by atoms with E-state index in [4.69, 9.17) is 0 Å². The van der Waals surface area contributed by atoms with Crippen LogP contribution in [0.2, 0.25) is 0 Å². The Hall–Kier alpha value is 0.180. The van der Waals surface area contributed by atoms with Crippen molar-refractivity contribution in [2.45, 2.75) is 88.4 Å². The smallest absolute Gasteiger partial charge is 0.0395 e. The van der Waals surface area contributed by atoms with Crippen LogP contribution < -0.4 is 21.3 Å². The van der Waals surface area contributed by atoms with Gasteiger partial charge in [0.2, 0.25) is 0 Å². The van der Waals surface area contributed by atoms with Crippen LogP contribution in [0.3, 0.4) is 0 Å². The summed E-state index contributed by atoms with van der Waals surface area (Å²) in [4.78, 5) is 0. The average Bonchev–Trinajstić information content (AvgIpc) is 3.27. The molecule has 0 aromatic carbocycles. The SMILES string of the molecule is CCC(C)(C)P(CC1=C(C(P)(C2CNCCN2)C2CNCCN2)CC=C1)C(C)(C)CC. The Bertz CT molecular complexity index is 624. The molecule has 4 N–H and O–H groups in total. The summed E-state index contributed by atoms with van der Waals surface area (Å²) in [6, 6.07) is 0.858. The van der Waals surface area contributed by atoms with Crippen molar-refractivity contribution in [3.63, 3.8) is 0 Å². The first-order valence-electron chi connectivity index (χ1n) is 12.5. The van der Waals surface area contributed by atoms with Gasteiger partial charge in [0.05, 0.1) is 0 Å². The highest BCUT2D eigenvalue weighted by atomic mass is 31.1. The number of piperazine rings is 2. The minimum atomic E-state index is -0.158. The summed E-state index contributed by atoms with van der Waals surface area (Å²) in [6.45, 7) is 21.1. The van der Waals surface area contributed by atoms with Gasteiger partial charge in [0.25, 0.3) is 0 Å². The molecule has 0 spiro atoms. The first-order valence-corrected chi connectivity index (χ1v) is 14.6. The zero-order chi connectivity index (χ0) is 22.7. The lowest BCUT2D eigenvalue weighted by Crippen LogP contribution is -2.69. The Labute approximate surface area is 195 Å². The third kappa shape index (κ3) is 5.47. The van der Waals surface area contributed by atoms with E-state index in [1.807, 2.05) is 0 Å². The van der Waals surface area contributed by atoms with E-state index in [1.165, 1.54) is 19.0 Å². The Morgan fingerprint density at radius 1 is 0.903 bits per heavy atom. The molecule has 3 rings (SSSR count). The maximum atomic E-state index is 3.88. The average molecular weight is 467 g/mol. The molecular formula is C25H48N4P2. The standard InChI is InChI=1S/C25H48N4P2/c1-7-23(3,4)31(24(5,6)8-2)18-19-10-9-11-20(19)25(30,21-16-26-12-14-28-21)22-17-27-13-15-29-22/h9-10,21-22,26-29H,7-8,11-18,30H2,1-6H3. The van der Waals surface area contributed by atoms with E-state index in [0.29, 0.717) is 22.4 Å². The van der Waals surface area contributed by atoms with Crippen LogP contribution in [-0.4, -0.2) is 73.0 Å². The van der Waals surface area contributed by atoms with Gasteiger partial charge >= 0.3 is 0 Å². The molecule has 0 aromatic heterocycles. The van der Waals surface area contributed by atoms with Crippen LogP contribution in [0, 0.1) is 0 Å². The van der Waals surface area contributed by atoms with E-state index >= 15 is 0 Å². The van der Waals surface area contributed by atoms with E-state index in [2.05, 4.69) is 84.2 Å². The summed E-state index contributed by atoms with van der Waals surface area (Å²) in [5.74, 6) is 0. The summed E-state index contributed by atoms with van der Waals surface area (Å²) < 4.78 is 0. The monoisotopic (exact) mass is 466 g/mol. The van der Waals surface area contributed by atoms with Crippen LogP contribution in [0.25, 0.3) is 0 Å². The van der Waals surface area contributed by atoms with E-state index < -0.39 is 0 Å². The van der Waals surface area contributed by atoms with Gasteiger partial charge in [0.1, 0.15) is 0 Å². The molecule has 2 aliphatic heterocycles. The minimum Gasteiger partial charge on any atom is -0.314 e. The van der Waals surface area contributed by atoms with Crippen molar-refractivity contribution in [2.24, 2.45) is 0 Å². The fraction of sp³-hybridized carbons (Fsp3) is 0.840. The Morgan fingerprint density at radius 2 is 1.42 bits per heavy atom. The van der Waals surface area contributed by atoms with E-state index in [1.54, 1.807) is 11.1 Å². The van der Waals surface area contributed by atoms with Crippen molar-refractivity contribution in [3.05, 3.63) is 23.3 Å². The first-order chi connectivity index (χ1) is 14.7. The lowest BCUT2D eigenvalue weighted by Gasteiger charge is -2.50. The number of hydrogen-bond donors (Lipinski definition) is 4. The third-order valence-corrected chi connectivity index (χ3v) is 13.7. The molecule has 178 valence electrons. The number of nitrogens with one attached hydrogen (secondary N) is 4. The maximum absolute atomic E-state index is 3.88. The fourth-order valence-corrected chi connectivity index (χ4v) is 10.3. The normalized spacial score (nSPS) is 27.7. The van der Waals surface area contributed by atoms with Crippen molar-refractivity contribution >= 4 is 17.2 Å². The number of hydrogen-bond acceptors (Lipinski definition) is 4. The molecule has 1 aliphatic carbocycles. The Balaban J connectivity index is 2.00. The van der Waals surface area contributed by atoms with Crippen LogP contribution in [0.1, 0.15) is 60.8 Å². The second kappa shape index (κ2) is 10.6. The molecule has 0 radical (unpaired) electrons. The molecule has 4 nitrogen and oxygen atoms in total. The molecule has 31 heavy (non-hydrogen) atoms. The molecule has 0 saturated carbocycles. The van der Waals surface area contributed by atoms with Crippen molar-refractivity contribution in [2.75, 3.05) is 45.4 Å². The summed E-state index contributed by atoms with van der Waals surface area (Å²) in [6.07, 6.45) is 9.76. The highest BCUT2D eigenvalue weighted by Crippen LogP contribution is 2.63. The van der Waals surface area contributed by atoms with Gasteiger partial charge in [-0.05, 0) is 46.9 Å². The zero-order valence-electron chi connectivity index (χ0n) is 20.9. The molecule has 3 aliphatic rings. The molecule has 0 amide bonds. The highest BCUT2D eigenvalue weighted by Gasteiger charge is 2.47. The van der Waals surface area contributed by atoms with Gasteiger partial charge in [-0.25, -0.2) is 0 Å². The second-order valence-corrected chi connectivity index (χ2v) is 15.4. The largest absolute Gasteiger partial charge is 0.314 e. The zero-order valence-corrected chi connectivity index (χ0v) is 23.0. The van der Waals surface area contributed by atoms with Gasteiger partial charge in [-0.1, -0.05) is 61.6 Å². The van der Waals surface area contributed by atoms with Crippen LogP contribution in [0.15, 0.2) is 23.3 Å². The number of allylic oxidation sites excluding steroid dienone is 3. The number of rotatable bonds is 9. The molecule has 6 heteroatoms. The molecule has 2 heterocycles. The summed E-state index contributed by atoms with van der Waals surface area (Å²) in [7, 11) is 3.21. The third-order valence-electron chi connectivity index (χ3n) is 8.31. The Kier molecular flexibility index (Phi) is 8.84. The predicted molar refractivity (Wildman–Crippen MR) is 143 cm³/mol. The second-order valence-electron chi connectivity index (χ2n) is 10.9. The fourth-order valence-electron chi connectivity index (χ4n) is 5.60. The van der Waals surface area contributed by atoms with Crippen molar-refractivity contribution < 1.29 is 0 Å². The quantitative estimate of drug-likeness (QED) is 0.390. The van der Waals surface area contributed by atoms with Crippen molar-refractivity contribution in [3.8, 4) is 0 Å². The topological polar surface area (TPSA) is 48.1 Å². The van der Waals surface area contributed by atoms with Gasteiger partial charge in [0, 0.05) is 56.5 Å². The van der Waals surface area contributed by atoms with Gasteiger partial charge in [-0.2, -0.15) is 0 Å². The van der Waals surface area contributed by atoms with Gasteiger partial charge < -0.3 is 21.3 Å². The highest BCUT2D eigenvalue weighted by molar-refractivity contribution is 7.61. The van der Waals surface area contributed by atoms with Crippen LogP contribution in [-0.2, 0) is 0 Å². The molecule has 2 saturated heterocycles. The van der Waals surface area contributed by atoms with E-state index in [9.17, 15) is 0 Å². The van der Waals surface area contributed by atoms with Gasteiger partial charge in [0.15, 0.2) is 0 Å². The van der Waals surface area contributed by atoms with Crippen LogP contribution in [0.4, 0.5) is 0 Å². The first kappa shape index (κ1) is 25.8.